The van der Waals surface area contributed by atoms with Crippen LogP contribution in [0.1, 0.15) is 39.6 Å². The lowest BCUT2D eigenvalue weighted by Crippen LogP contribution is -2.30. The Bertz CT molecular complexity index is 784. The summed E-state index contributed by atoms with van der Waals surface area (Å²) < 4.78 is 0. The fourth-order valence-electron chi connectivity index (χ4n) is 3.90. The number of aliphatic carboxylic acids is 1. The van der Waals surface area contributed by atoms with Crippen LogP contribution >= 0.6 is 0 Å². The molecule has 1 amide bonds. The quantitative estimate of drug-likeness (QED) is 0.901. The summed E-state index contributed by atoms with van der Waals surface area (Å²) in [5.74, 6) is -1.77. The normalized spacial score (nSPS) is 22.6. The Labute approximate surface area is 139 Å². The molecule has 2 atom stereocenters. The number of carbonyl (C=O) groups is 2. The number of carbonyl (C=O) groups excluding carboxylic acids is 1. The second kappa shape index (κ2) is 5.78. The van der Waals surface area contributed by atoms with Crippen molar-refractivity contribution in [3.63, 3.8) is 0 Å². The zero-order chi connectivity index (χ0) is 16.7. The van der Waals surface area contributed by atoms with Crippen LogP contribution in [0.4, 0.5) is 0 Å². The maximum Gasteiger partial charge on any atom is 0.308 e. The van der Waals surface area contributed by atoms with E-state index in [-0.39, 0.29) is 18.4 Å². The minimum absolute atomic E-state index is 0.154. The van der Waals surface area contributed by atoms with Crippen molar-refractivity contribution in [2.45, 2.75) is 25.2 Å². The highest BCUT2D eigenvalue weighted by molar-refractivity contribution is 5.95. The Morgan fingerprint density at radius 3 is 2.71 bits per heavy atom. The topological polar surface area (TPSA) is 86.3 Å². The number of benzene rings is 1. The van der Waals surface area contributed by atoms with Crippen molar-refractivity contribution < 1.29 is 14.7 Å². The van der Waals surface area contributed by atoms with E-state index in [2.05, 4.69) is 10.2 Å². The molecule has 2 N–H and O–H groups in total. The fourth-order valence-corrected chi connectivity index (χ4v) is 3.90. The summed E-state index contributed by atoms with van der Waals surface area (Å²) in [6, 6.07) is 9.57. The molecule has 0 unspecified atom stereocenters. The number of carboxylic acids is 1. The first-order chi connectivity index (χ1) is 11.6. The molecule has 2 heterocycles. The van der Waals surface area contributed by atoms with E-state index in [1.807, 2.05) is 30.3 Å². The Hall–Kier alpha value is -2.63. The first kappa shape index (κ1) is 14.9. The van der Waals surface area contributed by atoms with E-state index >= 15 is 0 Å². The smallest absolute Gasteiger partial charge is 0.308 e. The first-order valence-corrected chi connectivity index (χ1v) is 8.28. The molecule has 6 nitrogen and oxygen atoms in total. The molecule has 124 valence electrons. The van der Waals surface area contributed by atoms with E-state index in [1.165, 1.54) is 0 Å². The number of likely N-dealkylation sites (tertiary alicyclic amines) is 1. The number of aromatic nitrogens is 2. The SMILES string of the molecule is O=C(O)[C@@H]1CN(C(=O)c2n[nH]c3c2CCC3)C[C@H]1c1ccccc1. The molecule has 24 heavy (non-hydrogen) atoms. The summed E-state index contributed by atoms with van der Waals surface area (Å²) in [6.45, 7) is 0.650. The van der Waals surface area contributed by atoms with Crippen LogP contribution in [0.25, 0.3) is 0 Å². The van der Waals surface area contributed by atoms with Crippen molar-refractivity contribution in [3.05, 3.63) is 52.8 Å². The summed E-state index contributed by atoms with van der Waals surface area (Å²) in [6.07, 6.45) is 2.83. The molecule has 1 aromatic heterocycles. The second-order valence-electron chi connectivity index (χ2n) is 6.55. The standard InChI is InChI=1S/C18H19N3O3/c22-17(16-12-7-4-8-15(12)19-20-16)21-9-13(14(10-21)18(23)24)11-5-2-1-3-6-11/h1-3,5-6,13-14H,4,7-10H2,(H,19,20)(H,23,24)/t13-,14+/m0/s1. The number of carboxylic acid groups (broad SMARTS) is 1. The number of amides is 1. The number of fused-ring (bicyclic) bond motifs is 1. The van der Waals surface area contributed by atoms with Crippen molar-refractivity contribution in [1.29, 1.82) is 0 Å². The van der Waals surface area contributed by atoms with Crippen LogP contribution in [0.5, 0.6) is 0 Å². The molecule has 2 aliphatic rings. The molecule has 0 bridgehead atoms. The van der Waals surface area contributed by atoms with Gasteiger partial charge in [0.25, 0.3) is 5.91 Å². The summed E-state index contributed by atoms with van der Waals surface area (Å²) in [5, 5.41) is 16.7. The van der Waals surface area contributed by atoms with Crippen LogP contribution in [0.2, 0.25) is 0 Å². The lowest BCUT2D eigenvalue weighted by atomic mass is 9.89. The van der Waals surface area contributed by atoms with Gasteiger partial charge in [-0.3, -0.25) is 14.7 Å². The van der Waals surface area contributed by atoms with Gasteiger partial charge in [-0.25, -0.2) is 0 Å². The number of hydrogen-bond acceptors (Lipinski definition) is 3. The Kier molecular flexibility index (Phi) is 3.59. The van der Waals surface area contributed by atoms with Crippen LogP contribution in [-0.4, -0.2) is 45.2 Å². The van der Waals surface area contributed by atoms with E-state index < -0.39 is 11.9 Å². The average molecular weight is 325 g/mol. The zero-order valence-electron chi connectivity index (χ0n) is 13.2. The van der Waals surface area contributed by atoms with E-state index in [1.54, 1.807) is 4.90 Å². The third kappa shape index (κ3) is 2.38. The van der Waals surface area contributed by atoms with Gasteiger partial charge in [-0.2, -0.15) is 5.10 Å². The lowest BCUT2D eigenvalue weighted by Gasteiger charge is -2.16. The van der Waals surface area contributed by atoms with Gasteiger partial charge < -0.3 is 10.0 Å². The number of hydrogen-bond donors (Lipinski definition) is 2. The second-order valence-corrected chi connectivity index (χ2v) is 6.55. The fraction of sp³-hybridized carbons (Fsp3) is 0.389. The molecule has 0 spiro atoms. The summed E-state index contributed by atoms with van der Waals surface area (Å²) in [7, 11) is 0. The van der Waals surface area contributed by atoms with Crippen molar-refractivity contribution >= 4 is 11.9 Å². The third-order valence-corrected chi connectivity index (χ3v) is 5.16. The van der Waals surface area contributed by atoms with E-state index in [0.717, 1.165) is 36.1 Å². The number of rotatable bonds is 3. The molecular formula is C18H19N3O3. The van der Waals surface area contributed by atoms with Gasteiger partial charge in [0.1, 0.15) is 0 Å². The number of H-pyrrole nitrogens is 1. The number of aromatic amines is 1. The van der Waals surface area contributed by atoms with Gasteiger partial charge in [-0.05, 0) is 24.8 Å². The van der Waals surface area contributed by atoms with Crippen LogP contribution in [0.3, 0.4) is 0 Å². The predicted molar refractivity (Wildman–Crippen MR) is 86.8 cm³/mol. The van der Waals surface area contributed by atoms with Crippen molar-refractivity contribution in [1.82, 2.24) is 15.1 Å². The lowest BCUT2D eigenvalue weighted by molar-refractivity contribution is -0.141. The van der Waals surface area contributed by atoms with Crippen LogP contribution < -0.4 is 0 Å². The maximum atomic E-state index is 12.9. The molecule has 2 aromatic rings. The molecule has 6 heteroatoms. The number of nitrogens with zero attached hydrogens (tertiary/aromatic N) is 2. The molecule has 4 rings (SSSR count). The number of aryl methyl sites for hydroxylation is 1. The Balaban J connectivity index is 1.60. The molecule has 0 saturated carbocycles. The maximum absolute atomic E-state index is 12.9. The average Bonchev–Trinajstić information content (AvgIpc) is 3.30. The van der Waals surface area contributed by atoms with Crippen molar-refractivity contribution in [3.8, 4) is 0 Å². The molecule has 1 fully saturated rings. The molecule has 1 aromatic carbocycles. The minimum Gasteiger partial charge on any atom is -0.481 e. The van der Waals surface area contributed by atoms with E-state index in [9.17, 15) is 14.7 Å². The van der Waals surface area contributed by atoms with E-state index in [4.69, 9.17) is 0 Å². The van der Waals surface area contributed by atoms with Gasteiger partial charge in [0.2, 0.25) is 0 Å². The third-order valence-electron chi connectivity index (χ3n) is 5.16. The van der Waals surface area contributed by atoms with Gasteiger partial charge in [-0.1, -0.05) is 30.3 Å². The van der Waals surface area contributed by atoms with Crippen LogP contribution in [0.15, 0.2) is 30.3 Å². The minimum atomic E-state index is -0.855. The summed E-state index contributed by atoms with van der Waals surface area (Å²) in [5.41, 5.74) is 3.50. The molecule has 1 aliphatic carbocycles. The largest absolute Gasteiger partial charge is 0.481 e. The molecular weight excluding hydrogens is 306 g/mol. The van der Waals surface area contributed by atoms with Crippen LogP contribution in [0, 0.1) is 5.92 Å². The molecule has 1 aliphatic heterocycles. The summed E-state index contributed by atoms with van der Waals surface area (Å²) in [4.78, 5) is 26.2. The van der Waals surface area contributed by atoms with E-state index in [0.29, 0.717) is 12.2 Å². The highest BCUT2D eigenvalue weighted by Gasteiger charge is 2.41. The first-order valence-electron chi connectivity index (χ1n) is 8.28. The van der Waals surface area contributed by atoms with Gasteiger partial charge >= 0.3 is 5.97 Å². The zero-order valence-corrected chi connectivity index (χ0v) is 13.2. The predicted octanol–water partition coefficient (Wildman–Crippen LogP) is 1.84. The van der Waals surface area contributed by atoms with Gasteiger partial charge in [-0.15, -0.1) is 0 Å². The number of nitrogens with one attached hydrogen (secondary N) is 1. The molecule has 0 radical (unpaired) electrons. The Morgan fingerprint density at radius 1 is 1.17 bits per heavy atom. The highest BCUT2D eigenvalue weighted by Crippen LogP contribution is 2.34. The van der Waals surface area contributed by atoms with Crippen molar-refractivity contribution in [2.24, 2.45) is 5.92 Å². The molecule has 1 saturated heterocycles. The monoisotopic (exact) mass is 325 g/mol. The highest BCUT2D eigenvalue weighted by atomic mass is 16.4. The van der Waals surface area contributed by atoms with Gasteiger partial charge in [0, 0.05) is 30.3 Å². The van der Waals surface area contributed by atoms with Gasteiger partial charge in [0.15, 0.2) is 5.69 Å². The van der Waals surface area contributed by atoms with Crippen molar-refractivity contribution in [2.75, 3.05) is 13.1 Å². The Morgan fingerprint density at radius 2 is 1.96 bits per heavy atom. The van der Waals surface area contributed by atoms with Gasteiger partial charge in [0.05, 0.1) is 5.92 Å². The summed E-state index contributed by atoms with van der Waals surface area (Å²) >= 11 is 0. The van der Waals surface area contributed by atoms with Crippen LogP contribution in [-0.2, 0) is 17.6 Å².